The third-order valence-electron chi connectivity index (χ3n) is 5.02. The van der Waals surface area contributed by atoms with Crippen LogP contribution in [0.25, 0.3) is 0 Å². The van der Waals surface area contributed by atoms with E-state index in [4.69, 9.17) is 0 Å². The molecule has 2 atom stereocenters. The summed E-state index contributed by atoms with van der Waals surface area (Å²) in [5.74, 6) is 1.69. The zero-order valence-electron chi connectivity index (χ0n) is 11.8. The van der Waals surface area contributed by atoms with Crippen molar-refractivity contribution in [3.8, 4) is 0 Å². The van der Waals surface area contributed by atoms with E-state index >= 15 is 0 Å². The Hall–Kier alpha value is -1.12. The SMILES string of the molecule is c1csc(CN2CC[C@H]3c4ccccc4CC[C@@H]3C2)c1. The maximum atomic E-state index is 2.67. The van der Waals surface area contributed by atoms with Crippen LogP contribution in [0.15, 0.2) is 41.8 Å². The highest BCUT2D eigenvalue weighted by molar-refractivity contribution is 7.09. The summed E-state index contributed by atoms with van der Waals surface area (Å²) in [4.78, 5) is 4.18. The van der Waals surface area contributed by atoms with Crippen LogP contribution in [0.2, 0.25) is 0 Å². The van der Waals surface area contributed by atoms with E-state index in [-0.39, 0.29) is 0 Å². The molecule has 0 spiro atoms. The molecule has 0 N–H and O–H groups in total. The maximum absolute atomic E-state index is 2.67. The highest BCUT2D eigenvalue weighted by Gasteiger charge is 2.34. The molecule has 1 aromatic carbocycles. The molecule has 0 radical (unpaired) electrons. The molecule has 0 saturated carbocycles. The molecule has 1 saturated heterocycles. The highest BCUT2D eigenvalue weighted by atomic mass is 32.1. The first-order chi connectivity index (χ1) is 9.90. The summed E-state index contributed by atoms with van der Waals surface area (Å²) in [7, 11) is 0. The van der Waals surface area contributed by atoms with Gasteiger partial charge in [-0.25, -0.2) is 0 Å². The van der Waals surface area contributed by atoms with E-state index in [1.54, 1.807) is 11.1 Å². The van der Waals surface area contributed by atoms with E-state index in [1.165, 1.54) is 37.2 Å². The fraction of sp³-hybridized carbons (Fsp3) is 0.444. The van der Waals surface area contributed by atoms with Crippen LogP contribution in [0, 0.1) is 5.92 Å². The van der Waals surface area contributed by atoms with Crippen molar-refractivity contribution >= 4 is 11.3 Å². The number of hydrogen-bond acceptors (Lipinski definition) is 2. The minimum Gasteiger partial charge on any atom is -0.298 e. The fourth-order valence-corrected chi connectivity index (χ4v) is 4.79. The van der Waals surface area contributed by atoms with Crippen molar-refractivity contribution in [3.63, 3.8) is 0 Å². The molecule has 2 heteroatoms. The second-order valence-corrected chi connectivity index (χ2v) is 7.24. The van der Waals surface area contributed by atoms with Gasteiger partial charge in [0, 0.05) is 18.0 Å². The van der Waals surface area contributed by atoms with E-state index in [2.05, 4.69) is 46.7 Å². The molecule has 0 unspecified atom stereocenters. The van der Waals surface area contributed by atoms with Gasteiger partial charge < -0.3 is 0 Å². The van der Waals surface area contributed by atoms with Crippen LogP contribution in [0.4, 0.5) is 0 Å². The van der Waals surface area contributed by atoms with Crippen molar-refractivity contribution in [1.82, 2.24) is 4.90 Å². The number of rotatable bonds is 2. The lowest BCUT2D eigenvalue weighted by Crippen LogP contribution is -2.40. The molecule has 104 valence electrons. The predicted molar refractivity (Wildman–Crippen MR) is 85.2 cm³/mol. The molecule has 1 aromatic heterocycles. The first-order valence-electron chi connectivity index (χ1n) is 7.73. The lowest BCUT2D eigenvalue weighted by atomic mass is 9.71. The molecule has 1 aliphatic heterocycles. The first kappa shape index (κ1) is 12.6. The monoisotopic (exact) mass is 283 g/mol. The summed E-state index contributed by atoms with van der Waals surface area (Å²) in [6, 6.07) is 13.6. The molecule has 2 aromatic rings. The van der Waals surface area contributed by atoms with Crippen LogP contribution in [-0.4, -0.2) is 18.0 Å². The fourth-order valence-electron chi connectivity index (χ4n) is 4.04. The van der Waals surface area contributed by atoms with Crippen LogP contribution in [0.3, 0.4) is 0 Å². The summed E-state index contributed by atoms with van der Waals surface area (Å²) < 4.78 is 0. The molecule has 0 bridgehead atoms. The Bertz CT molecular complexity index is 575. The summed E-state index contributed by atoms with van der Waals surface area (Å²) in [5.41, 5.74) is 3.26. The molecule has 1 nitrogen and oxygen atoms in total. The molecule has 4 rings (SSSR count). The van der Waals surface area contributed by atoms with Gasteiger partial charge >= 0.3 is 0 Å². The Kier molecular flexibility index (Phi) is 3.37. The van der Waals surface area contributed by atoms with Gasteiger partial charge in [0.2, 0.25) is 0 Å². The number of thiophene rings is 1. The van der Waals surface area contributed by atoms with Gasteiger partial charge in [-0.1, -0.05) is 30.3 Å². The number of nitrogens with zero attached hydrogens (tertiary/aromatic N) is 1. The molecule has 2 heterocycles. The Balaban J connectivity index is 1.49. The molecule has 1 fully saturated rings. The standard InChI is InChI=1S/C18H21NS/c1-2-6-17-14(4-1)7-8-15-12-19(10-9-18(15)17)13-16-5-3-11-20-16/h1-6,11,15,18H,7-10,12-13H2/t15-,18-/m1/s1. The Morgan fingerprint density at radius 1 is 1.10 bits per heavy atom. The summed E-state index contributed by atoms with van der Waals surface area (Å²) in [6.07, 6.45) is 4.00. The first-order valence-corrected chi connectivity index (χ1v) is 8.60. The number of likely N-dealkylation sites (tertiary alicyclic amines) is 1. The van der Waals surface area contributed by atoms with Crippen LogP contribution in [-0.2, 0) is 13.0 Å². The zero-order valence-corrected chi connectivity index (χ0v) is 12.6. The van der Waals surface area contributed by atoms with Crippen molar-refractivity contribution in [2.45, 2.75) is 31.7 Å². The van der Waals surface area contributed by atoms with Crippen LogP contribution in [0.1, 0.15) is 34.8 Å². The van der Waals surface area contributed by atoms with E-state index in [9.17, 15) is 0 Å². The lowest BCUT2D eigenvalue weighted by Gasteiger charge is -2.42. The Morgan fingerprint density at radius 3 is 2.95 bits per heavy atom. The van der Waals surface area contributed by atoms with Gasteiger partial charge in [-0.15, -0.1) is 11.3 Å². The van der Waals surface area contributed by atoms with E-state index in [1.807, 2.05) is 11.3 Å². The third kappa shape index (κ3) is 2.32. The lowest BCUT2D eigenvalue weighted by molar-refractivity contribution is 0.136. The summed E-state index contributed by atoms with van der Waals surface area (Å²) >= 11 is 1.89. The molecule has 20 heavy (non-hydrogen) atoms. The Labute approximate surface area is 125 Å². The van der Waals surface area contributed by atoms with Gasteiger partial charge in [0.25, 0.3) is 0 Å². The normalized spacial score (nSPS) is 26.0. The van der Waals surface area contributed by atoms with Crippen molar-refractivity contribution in [3.05, 3.63) is 57.8 Å². The molecule has 1 aliphatic carbocycles. The second kappa shape index (κ2) is 5.34. The highest BCUT2D eigenvalue weighted by Crippen LogP contribution is 2.41. The molecule has 2 aliphatic rings. The third-order valence-corrected chi connectivity index (χ3v) is 5.88. The van der Waals surface area contributed by atoms with Crippen LogP contribution < -0.4 is 0 Å². The summed E-state index contributed by atoms with van der Waals surface area (Å²) in [5, 5.41) is 2.19. The topological polar surface area (TPSA) is 3.24 Å². The minimum absolute atomic E-state index is 0.819. The van der Waals surface area contributed by atoms with Crippen molar-refractivity contribution in [2.24, 2.45) is 5.92 Å². The molecular formula is C18H21NS. The maximum Gasteiger partial charge on any atom is 0.0328 e. The number of benzene rings is 1. The number of piperidine rings is 1. The largest absolute Gasteiger partial charge is 0.298 e. The van der Waals surface area contributed by atoms with Crippen molar-refractivity contribution in [1.29, 1.82) is 0 Å². The van der Waals surface area contributed by atoms with Crippen molar-refractivity contribution < 1.29 is 0 Å². The second-order valence-electron chi connectivity index (χ2n) is 6.21. The average Bonchev–Trinajstić information content (AvgIpc) is 3.00. The smallest absolute Gasteiger partial charge is 0.0328 e. The predicted octanol–water partition coefficient (Wildman–Crippen LogP) is 4.30. The number of fused-ring (bicyclic) bond motifs is 3. The van der Waals surface area contributed by atoms with Gasteiger partial charge in [-0.05, 0) is 60.2 Å². The average molecular weight is 283 g/mol. The van der Waals surface area contributed by atoms with Crippen LogP contribution >= 0.6 is 11.3 Å². The van der Waals surface area contributed by atoms with Gasteiger partial charge in [-0.3, -0.25) is 4.90 Å². The summed E-state index contributed by atoms with van der Waals surface area (Å²) in [6.45, 7) is 3.70. The van der Waals surface area contributed by atoms with Crippen molar-refractivity contribution in [2.75, 3.05) is 13.1 Å². The minimum atomic E-state index is 0.819. The van der Waals surface area contributed by atoms with Gasteiger partial charge in [0.15, 0.2) is 0 Å². The number of hydrogen-bond donors (Lipinski definition) is 0. The van der Waals surface area contributed by atoms with Gasteiger partial charge in [-0.2, -0.15) is 0 Å². The quantitative estimate of drug-likeness (QED) is 0.794. The van der Waals surface area contributed by atoms with E-state index < -0.39 is 0 Å². The van der Waals surface area contributed by atoms with Crippen LogP contribution in [0.5, 0.6) is 0 Å². The van der Waals surface area contributed by atoms with E-state index in [0.29, 0.717) is 0 Å². The van der Waals surface area contributed by atoms with Gasteiger partial charge in [0.05, 0.1) is 0 Å². The van der Waals surface area contributed by atoms with Gasteiger partial charge in [0.1, 0.15) is 0 Å². The molecular weight excluding hydrogens is 262 g/mol. The number of aryl methyl sites for hydroxylation is 1. The van der Waals surface area contributed by atoms with E-state index in [0.717, 1.165) is 18.4 Å². The molecule has 0 amide bonds. The Morgan fingerprint density at radius 2 is 2.05 bits per heavy atom. The zero-order chi connectivity index (χ0) is 13.4.